The Morgan fingerprint density at radius 1 is 1.05 bits per heavy atom. The number of hydrogen-bond donors (Lipinski definition) is 5. The summed E-state index contributed by atoms with van der Waals surface area (Å²) in [6.45, 7) is 7.51. The van der Waals surface area contributed by atoms with E-state index in [1.165, 1.54) is 0 Å². The van der Waals surface area contributed by atoms with Gasteiger partial charge in [-0.05, 0) is 32.6 Å². The quantitative estimate of drug-likeness (QED) is 0.383. The molecule has 0 aliphatic carbocycles. The molecule has 3 amide bonds. The first-order valence-electron chi connectivity index (χ1n) is 7.48. The molecule has 6 N–H and O–H groups in total. The van der Waals surface area contributed by atoms with E-state index in [9.17, 15) is 14.4 Å². The standard InChI is InChI=1S/C14H28N4O4/c1-8(2)11(15)13(20)18-10(12(19)17-9(3)4)6-5-7-16-14(21)22/h8-11,16H,5-7,15H2,1-4H3,(H,17,19)(H,18,20)(H,21,22)/t10-,11-/m0/s1. The van der Waals surface area contributed by atoms with E-state index < -0.39 is 18.2 Å². The van der Waals surface area contributed by atoms with Crippen LogP contribution in [-0.2, 0) is 9.59 Å². The van der Waals surface area contributed by atoms with Gasteiger partial charge >= 0.3 is 6.09 Å². The van der Waals surface area contributed by atoms with Crippen molar-refractivity contribution in [2.75, 3.05) is 6.54 Å². The lowest BCUT2D eigenvalue weighted by atomic mass is 10.0. The van der Waals surface area contributed by atoms with Gasteiger partial charge in [-0.15, -0.1) is 0 Å². The summed E-state index contributed by atoms with van der Waals surface area (Å²) in [5.41, 5.74) is 5.77. The minimum Gasteiger partial charge on any atom is -0.465 e. The van der Waals surface area contributed by atoms with Gasteiger partial charge in [-0.1, -0.05) is 13.8 Å². The molecule has 0 aromatic carbocycles. The average Bonchev–Trinajstić information content (AvgIpc) is 2.39. The molecule has 0 fully saturated rings. The number of carbonyl (C=O) groups is 3. The Labute approximate surface area is 131 Å². The lowest BCUT2D eigenvalue weighted by Gasteiger charge is -2.23. The van der Waals surface area contributed by atoms with Gasteiger partial charge in [0.2, 0.25) is 11.8 Å². The predicted octanol–water partition coefficient (Wildman–Crippen LogP) is 0.0269. The molecule has 0 heterocycles. The van der Waals surface area contributed by atoms with Crippen molar-refractivity contribution < 1.29 is 19.5 Å². The second-order valence-corrected chi connectivity index (χ2v) is 5.87. The predicted molar refractivity (Wildman–Crippen MR) is 83.3 cm³/mol. The molecular weight excluding hydrogens is 288 g/mol. The van der Waals surface area contributed by atoms with Crippen molar-refractivity contribution >= 4 is 17.9 Å². The normalized spacial score (nSPS) is 13.6. The highest BCUT2D eigenvalue weighted by molar-refractivity contribution is 5.89. The minimum atomic E-state index is -1.12. The van der Waals surface area contributed by atoms with E-state index in [1.807, 2.05) is 27.7 Å². The number of nitrogens with one attached hydrogen (secondary N) is 3. The van der Waals surface area contributed by atoms with Crippen molar-refractivity contribution in [2.45, 2.75) is 58.7 Å². The van der Waals surface area contributed by atoms with Crippen LogP contribution in [0.1, 0.15) is 40.5 Å². The largest absolute Gasteiger partial charge is 0.465 e. The van der Waals surface area contributed by atoms with Crippen molar-refractivity contribution in [1.82, 2.24) is 16.0 Å². The molecule has 2 atom stereocenters. The third-order valence-electron chi connectivity index (χ3n) is 3.03. The summed E-state index contributed by atoms with van der Waals surface area (Å²) in [6.07, 6.45) is -0.358. The average molecular weight is 316 g/mol. The van der Waals surface area contributed by atoms with E-state index in [1.54, 1.807) is 0 Å². The van der Waals surface area contributed by atoms with E-state index in [4.69, 9.17) is 10.8 Å². The number of nitrogens with two attached hydrogens (primary N) is 1. The van der Waals surface area contributed by atoms with Crippen LogP contribution in [-0.4, -0.2) is 47.7 Å². The Morgan fingerprint density at radius 2 is 1.64 bits per heavy atom. The Kier molecular flexibility index (Phi) is 9.16. The van der Waals surface area contributed by atoms with Gasteiger partial charge < -0.3 is 26.8 Å². The summed E-state index contributed by atoms with van der Waals surface area (Å²) in [6, 6.07) is -1.47. The van der Waals surface area contributed by atoms with Gasteiger partial charge in [0, 0.05) is 12.6 Å². The smallest absolute Gasteiger partial charge is 0.404 e. The fraction of sp³-hybridized carbons (Fsp3) is 0.786. The number of rotatable bonds is 9. The topological polar surface area (TPSA) is 134 Å². The van der Waals surface area contributed by atoms with E-state index in [0.29, 0.717) is 12.8 Å². The van der Waals surface area contributed by atoms with Crippen molar-refractivity contribution in [1.29, 1.82) is 0 Å². The molecular formula is C14H28N4O4. The summed E-state index contributed by atoms with van der Waals surface area (Å²) in [5.74, 6) is -0.720. The minimum absolute atomic E-state index is 0.0394. The number of amides is 3. The molecule has 0 unspecified atom stereocenters. The fourth-order valence-corrected chi connectivity index (χ4v) is 1.73. The van der Waals surface area contributed by atoms with E-state index >= 15 is 0 Å². The molecule has 8 heteroatoms. The lowest BCUT2D eigenvalue weighted by Crippen LogP contribution is -2.53. The van der Waals surface area contributed by atoms with Gasteiger partial charge in [-0.3, -0.25) is 9.59 Å². The second kappa shape index (κ2) is 9.99. The second-order valence-electron chi connectivity index (χ2n) is 5.87. The van der Waals surface area contributed by atoms with Crippen LogP contribution in [0.3, 0.4) is 0 Å². The van der Waals surface area contributed by atoms with E-state index in [-0.39, 0.29) is 30.3 Å². The summed E-state index contributed by atoms with van der Waals surface area (Å²) in [4.78, 5) is 34.5. The maximum absolute atomic E-state index is 12.1. The first-order chi connectivity index (χ1) is 10.1. The van der Waals surface area contributed by atoms with Crippen LogP contribution in [0, 0.1) is 5.92 Å². The highest BCUT2D eigenvalue weighted by Gasteiger charge is 2.25. The van der Waals surface area contributed by atoms with Crippen LogP contribution < -0.4 is 21.7 Å². The molecule has 8 nitrogen and oxygen atoms in total. The van der Waals surface area contributed by atoms with Crippen LogP contribution in [0.4, 0.5) is 4.79 Å². The monoisotopic (exact) mass is 316 g/mol. The molecule has 0 bridgehead atoms. The Bertz CT molecular complexity index is 385. The van der Waals surface area contributed by atoms with Crippen LogP contribution in [0.2, 0.25) is 0 Å². The fourth-order valence-electron chi connectivity index (χ4n) is 1.73. The van der Waals surface area contributed by atoms with Gasteiger partial charge in [0.15, 0.2) is 0 Å². The summed E-state index contributed by atoms with van der Waals surface area (Å²) in [7, 11) is 0. The summed E-state index contributed by atoms with van der Waals surface area (Å²) >= 11 is 0. The first-order valence-corrected chi connectivity index (χ1v) is 7.48. The highest BCUT2D eigenvalue weighted by atomic mass is 16.4. The van der Waals surface area contributed by atoms with Crippen molar-refractivity contribution in [3.8, 4) is 0 Å². The Balaban J connectivity index is 4.61. The molecule has 0 saturated heterocycles. The molecule has 0 spiro atoms. The van der Waals surface area contributed by atoms with Crippen LogP contribution in [0.5, 0.6) is 0 Å². The zero-order chi connectivity index (χ0) is 17.3. The first kappa shape index (κ1) is 20.2. The number of carbonyl (C=O) groups excluding carboxylic acids is 2. The third-order valence-corrected chi connectivity index (χ3v) is 3.03. The van der Waals surface area contributed by atoms with Gasteiger partial charge in [-0.2, -0.15) is 0 Å². The van der Waals surface area contributed by atoms with E-state index in [0.717, 1.165) is 0 Å². The molecule has 0 aromatic heterocycles. The third kappa shape index (κ3) is 8.46. The van der Waals surface area contributed by atoms with Gasteiger partial charge in [0.25, 0.3) is 0 Å². The maximum Gasteiger partial charge on any atom is 0.404 e. The van der Waals surface area contributed by atoms with E-state index in [2.05, 4.69) is 16.0 Å². The highest BCUT2D eigenvalue weighted by Crippen LogP contribution is 2.03. The number of carboxylic acid groups (broad SMARTS) is 1. The Hall–Kier alpha value is -1.83. The zero-order valence-electron chi connectivity index (χ0n) is 13.7. The maximum atomic E-state index is 12.1. The SMILES string of the molecule is CC(C)NC(=O)[C@H](CCCNC(=O)O)NC(=O)[C@@H](N)C(C)C. The number of hydrogen-bond acceptors (Lipinski definition) is 4. The molecule has 0 rings (SSSR count). The van der Waals surface area contributed by atoms with Crippen molar-refractivity contribution in [2.24, 2.45) is 11.7 Å². The molecule has 128 valence electrons. The molecule has 0 aliphatic rings. The lowest BCUT2D eigenvalue weighted by molar-refractivity contribution is -0.130. The van der Waals surface area contributed by atoms with Crippen LogP contribution in [0.25, 0.3) is 0 Å². The summed E-state index contributed by atoms with van der Waals surface area (Å²) in [5, 5.41) is 16.1. The molecule has 0 radical (unpaired) electrons. The zero-order valence-corrected chi connectivity index (χ0v) is 13.7. The molecule has 22 heavy (non-hydrogen) atoms. The van der Waals surface area contributed by atoms with Gasteiger partial charge in [0.05, 0.1) is 6.04 Å². The molecule has 0 aromatic rings. The molecule has 0 aliphatic heterocycles. The van der Waals surface area contributed by atoms with Crippen LogP contribution >= 0.6 is 0 Å². The van der Waals surface area contributed by atoms with Crippen molar-refractivity contribution in [3.63, 3.8) is 0 Å². The molecule has 0 saturated carbocycles. The summed E-state index contributed by atoms with van der Waals surface area (Å²) < 4.78 is 0. The van der Waals surface area contributed by atoms with Gasteiger partial charge in [-0.25, -0.2) is 4.79 Å². The Morgan fingerprint density at radius 3 is 2.09 bits per heavy atom. The van der Waals surface area contributed by atoms with Crippen molar-refractivity contribution in [3.05, 3.63) is 0 Å². The van der Waals surface area contributed by atoms with Gasteiger partial charge in [0.1, 0.15) is 6.04 Å². The van der Waals surface area contributed by atoms with Crippen LogP contribution in [0.15, 0.2) is 0 Å².